The predicted octanol–water partition coefficient (Wildman–Crippen LogP) is 2.43. The zero-order valence-electron chi connectivity index (χ0n) is 17.7. The zero-order chi connectivity index (χ0) is 22.5. The summed E-state index contributed by atoms with van der Waals surface area (Å²) < 4.78 is 12.0. The first-order valence-corrected chi connectivity index (χ1v) is 11.4. The van der Waals surface area contributed by atoms with Crippen LogP contribution >= 0.6 is 11.8 Å². The van der Waals surface area contributed by atoms with Crippen LogP contribution in [0.15, 0.2) is 57.0 Å². The summed E-state index contributed by atoms with van der Waals surface area (Å²) in [5.74, 6) is 0.709. The third-order valence-electron chi connectivity index (χ3n) is 5.20. The number of rotatable bonds is 6. The predicted molar refractivity (Wildman–Crippen MR) is 120 cm³/mol. The fourth-order valence-electron chi connectivity index (χ4n) is 3.53. The van der Waals surface area contributed by atoms with Gasteiger partial charge in [0.2, 0.25) is 5.91 Å². The van der Waals surface area contributed by atoms with Gasteiger partial charge in [-0.1, -0.05) is 23.9 Å². The molecule has 3 aromatic rings. The SMILES string of the molecule is CCOC(=O)N1CCN(C(=O)CSc2nc3ccccc3c(=O)n2Cc2ccco2)CC1. The summed E-state index contributed by atoms with van der Waals surface area (Å²) in [6, 6.07) is 10.7. The normalized spacial score (nSPS) is 14.0. The fraction of sp³-hybridized carbons (Fsp3) is 0.364. The van der Waals surface area contributed by atoms with Crippen LogP contribution < -0.4 is 5.56 Å². The molecule has 0 bridgehead atoms. The number of amides is 2. The Balaban J connectivity index is 1.47. The number of furan rings is 1. The Labute approximate surface area is 188 Å². The van der Waals surface area contributed by atoms with E-state index in [-0.39, 0.29) is 29.9 Å². The summed E-state index contributed by atoms with van der Waals surface area (Å²) in [6.45, 7) is 4.09. The molecule has 0 atom stereocenters. The minimum absolute atomic E-state index is 0.0644. The lowest BCUT2D eigenvalue weighted by atomic mass is 10.2. The van der Waals surface area contributed by atoms with Gasteiger partial charge in [0.05, 0.1) is 36.1 Å². The van der Waals surface area contributed by atoms with Gasteiger partial charge in [-0.3, -0.25) is 14.2 Å². The van der Waals surface area contributed by atoms with E-state index in [4.69, 9.17) is 9.15 Å². The average molecular weight is 457 g/mol. The van der Waals surface area contributed by atoms with Crippen LogP contribution in [0.3, 0.4) is 0 Å². The molecule has 2 amide bonds. The molecular formula is C22H24N4O5S. The number of thioether (sulfide) groups is 1. The molecule has 32 heavy (non-hydrogen) atoms. The standard InChI is InChI=1S/C22H24N4O5S/c1-2-30-22(29)25-11-9-24(10-12-25)19(27)15-32-21-23-18-8-4-3-7-17(18)20(28)26(21)14-16-6-5-13-31-16/h3-8,13H,2,9-12,14-15H2,1H3. The number of ether oxygens (including phenoxy) is 1. The third kappa shape index (κ3) is 4.80. The van der Waals surface area contributed by atoms with Crippen molar-refractivity contribution in [1.29, 1.82) is 0 Å². The number of aromatic nitrogens is 2. The molecule has 0 unspecified atom stereocenters. The molecular weight excluding hydrogens is 432 g/mol. The van der Waals surface area contributed by atoms with Gasteiger partial charge >= 0.3 is 6.09 Å². The number of piperazine rings is 1. The lowest BCUT2D eigenvalue weighted by molar-refractivity contribution is -0.129. The molecule has 0 spiro atoms. The maximum absolute atomic E-state index is 13.1. The molecule has 1 aliphatic heterocycles. The lowest BCUT2D eigenvalue weighted by Gasteiger charge is -2.34. The number of benzene rings is 1. The number of para-hydroxylation sites is 1. The van der Waals surface area contributed by atoms with E-state index in [9.17, 15) is 14.4 Å². The van der Waals surface area contributed by atoms with Crippen molar-refractivity contribution in [3.8, 4) is 0 Å². The Morgan fingerprint density at radius 2 is 1.84 bits per heavy atom. The molecule has 3 heterocycles. The molecule has 2 aromatic heterocycles. The highest BCUT2D eigenvalue weighted by Gasteiger charge is 2.25. The van der Waals surface area contributed by atoms with Crippen molar-refractivity contribution in [2.75, 3.05) is 38.5 Å². The van der Waals surface area contributed by atoms with E-state index in [0.717, 1.165) is 0 Å². The molecule has 9 nitrogen and oxygen atoms in total. The van der Waals surface area contributed by atoms with Crippen molar-refractivity contribution >= 4 is 34.7 Å². The van der Waals surface area contributed by atoms with Crippen molar-refractivity contribution in [1.82, 2.24) is 19.4 Å². The minimum Gasteiger partial charge on any atom is -0.467 e. The number of carbonyl (C=O) groups excluding carboxylic acids is 2. The monoisotopic (exact) mass is 456 g/mol. The molecule has 10 heteroatoms. The van der Waals surface area contributed by atoms with Gasteiger partial charge in [0.15, 0.2) is 5.16 Å². The Hall–Kier alpha value is -3.27. The Bertz CT molecular complexity index is 1150. The maximum atomic E-state index is 13.1. The lowest BCUT2D eigenvalue weighted by Crippen LogP contribution is -2.51. The van der Waals surface area contributed by atoms with Gasteiger partial charge in [0.1, 0.15) is 5.76 Å². The van der Waals surface area contributed by atoms with E-state index >= 15 is 0 Å². The topological polar surface area (TPSA) is 97.9 Å². The molecule has 168 valence electrons. The van der Waals surface area contributed by atoms with E-state index in [1.54, 1.807) is 53.3 Å². The molecule has 1 aromatic carbocycles. The van der Waals surface area contributed by atoms with Crippen molar-refractivity contribution in [3.05, 3.63) is 58.8 Å². The van der Waals surface area contributed by atoms with Crippen LogP contribution in [0.2, 0.25) is 0 Å². The van der Waals surface area contributed by atoms with Crippen LogP contribution in [0.25, 0.3) is 10.9 Å². The van der Waals surface area contributed by atoms with Gasteiger partial charge in [-0.05, 0) is 31.2 Å². The van der Waals surface area contributed by atoms with Crippen molar-refractivity contribution in [3.63, 3.8) is 0 Å². The Kier molecular flexibility index (Phi) is 6.79. The summed E-state index contributed by atoms with van der Waals surface area (Å²) in [5.41, 5.74) is 0.413. The molecule has 0 N–H and O–H groups in total. The first-order chi connectivity index (χ1) is 15.6. The number of hydrogen-bond acceptors (Lipinski definition) is 7. The summed E-state index contributed by atoms with van der Waals surface area (Å²) >= 11 is 1.23. The highest BCUT2D eigenvalue weighted by Crippen LogP contribution is 2.20. The van der Waals surface area contributed by atoms with E-state index in [0.29, 0.717) is 54.6 Å². The molecule has 0 aliphatic carbocycles. The largest absolute Gasteiger partial charge is 0.467 e. The first-order valence-electron chi connectivity index (χ1n) is 10.4. The summed E-state index contributed by atoms with van der Waals surface area (Å²) in [6.07, 6.45) is 1.21. The van der Waals surface area contributed by atoms with Gasteiger partial charge < -0.3 is 19.0 Å². The van der Waals surface area contributed by atoms with Gasteiger partial charge in [-0.15, -0.1) is 0 Å². The maximum Gasteiger partial charge on any atom is 0.409 e. The smallest absolute Gasteiger partial charge is 0.409 e. The van der Waals surface area contributed by atoms with Gasteiger partial charge in [-0.25, -0.2) is 9.78 Å². The number of nitrogens with zero attached hydrogens (tertiary/aromatic N) is 4. The van der Waals surface area contributed by atoms with Crippen LogP contribution in [-0.2, 0) is 16.1 Å². The van der Waals surface area contributed by atoms with Crippen LogP contribution in [0.5, 0.6) is 0 Å². The quantitative estimate of drug-likeness (QED) is 0.415. The second-order valence-electron chi connectivity index (χ2n) is 7.24. The molecule has 1 saturated heterocycles. The summed E-state index contributed by atoms with van der Waals surface area (Å²) in [4.78, 5) is 45.7. The minimum atomic E-state index is -0.351. The van der Waals surface area contributed by atoms with Crippen molar-refractivity contribution in [2.24, 2.45) is 0 Å². The molecule has 1 aliphatic rings. The van der Waals surface area contributed by atoms with Gasteiger partial charge in [-0.2, -0.15) is 0 Å². The Morgan fingerprint density at radius 1 is 1.09 bits per heavy atom. The van der Waals surface area contributed by atoms with Crippen LogP contribution in [-0.4, -0.2) is 69.9 Å². The number of carbonyl (C=O) groups is 2. The van der Waals surface area contributed by atoms with Crippen LogP contribution in [0.1, 0.15) is 12.7 Å². The summed E-state index contributed by atoms with van der Waals surface area (Å²) in [7, 11) is 0. The van der Waals surface area contributed by atoms with Crippen LogP contribution in [0.4, 0.5) is 4.79 Å². The third-order valence-corrected chi connectivity index (χ3v) is 6.16. The van der Waals surface area contributed by atoms with Crippen molar-refractivity contribution in [2.45, 2.75) is 18.6 Å². The number of fused-ring (bicyclic) bond motifs is 1. The second-order valence-corrected chi connectivity index (χ2v) is 8.18. The zero-order valence-corrected chi connectivity index (χ0v) is 18.5. The Morgan fingerprint density at radius 3 is 2.56 bits per heavy atom. The summed E-state index contributed by atoms with van der Waals surface area (Å²) in [5, 5.41) is 0.980. The molecule has 0 saturated carbocycles. The molecule has 0 radical (unpaired) electrons. The van der Waals surface area contributed by atoms with Crippen molar-refractivity contribution < 1.29 is 18.7 Å². The van der Waals surface area contributed by atoms with E-state index in [2.05, 4.69) is 4.98 Å². The first kappa shape index (κ1) is 21.9. The van der Waals surface area contributed by atoms with E-state index in [1.165, 1.54) is 16.3 Å². The number of hydrogen-bond donors (Lipinski definition) is 0. The average Bonchev–Trinajstić information content (AvgIpc) is 3.33. The highest BCUT2D eigenvalue weighted by molar-refractivity contribution is 7.99. The molecule has 1 fully saturated rings. The van der Waals surface area contributed by atoms with Gasteiger partial charge in [0, 0.05) is 26.2 Å². The second kappa shape index (κ2) is 9.90. The molecule has 4 rings (SSSR count). The van der Waals surface area contributed by atoms with E-state index < -0.39 is 0 Å². The van der Waals surface area contributed by atoms with E-state index in [1.807, 2.05) is 6.07 Å². The van der Waals surface area contributed by atoms with Gasteiger partial charge in [0.25, 0.3) is 5.56 Å². The van der Waals surface area contributed by atoms with Crippen LogP contribution in [0, 0.1) is 0 Å². The fourth-order valence-corrected chi connectivity index (χ4v) is 4.43. The highest BCUT2D eigenvalue weighted by atomic mass is 32.2.